The molecule has 0 spiro atoms. The van der Waals surface area contributed by atoms with Crippen molar-refractivity contribution in [1.29, 1.82) is 0 Å². The third kappa shape index (κ3) is 1.54. The molecule has 0 N–H and O–H groups in total. The van der Waals surface area contributed by atoms with Gasteiger partial charge < -0.3 is 0 Å². The maximum Gasteiger partial charge on any atom is 0.269 e. The topological polar surface area (TPSA) is 43.1 Å². The molecule has 0 heterocycles. The van der Waals surface area contributed by atoms with Crippen molar-refractivity contribution in [2.45, 2.75) is 19.3 Å². The van der Waals surface area contributed by atoms with Gasteiger partial charge in [0.15, 0.2) is 0 Å². The van der Waals surface area contributed by atoms with E-state index in [1.165, 1.54) is 12.0 Å². The largest absolute Gasteiger partial charge is 0.269 e. The first-order valence-corrected chi connectivity index (χ1v) is 4.43. The van der Waals surface area contributed by atoms with E-state index >= 15 is 0 Å². The maximum absolute atomic E-state index is 10.4. The normalized spacial score (nSPS) is 25.6. The molecule has 1 aromatic rings. The van der Waals surface area contributed by atoms with Crippen LogP contribution in [-0.4, -0.2) is 4.92 Å². The number of nitro groups is 1. The molecule has 0 amide bonds. The summed E-state index contributed by atoms with van der Waals surface area (Å²) in [6.07, 6.45) is 1.22. The Morgan fingerprint density at radius 1 is 1.38 bits per heavy atom. The number of hydrogen-bond donors (Lipinski definition) is 0. The van der Waals surface area contributed by atoms with Crippen molar-refractivity contribution in [2.24, 2.45) is 5.92 Å². The highest BCUT2D eigenvalue weighted by Crippen LogP contribution is 2.46. The van der Waals surface area contributed by atoms with Gasteiger partial charge in [0.2, 0.25) is 0 Å². The second kappa shape index (κ2) is 2.83. The predicted octanol–water partition coefficient (Wildman–Crippen LogP) is 2.72. The number of benzene rings is 1. The molecule has 0 aromatic heterocycles. The van der Waals surface area contributed by atoms with Crippen LogP contribution in [0, 0.1) is 16.0 Å². The van der Waals surface area contributed by atoms with Crippen molar-refractivity contribution in [2.75, 3.05) is 0 Å². The summed E-state index contributed by atoms with van der Waals surface area (Å²) >= 11 is 0. The fourth-order valence-corrected chi connectivity index (χ4v) is 1.63. The van der Waals surface area contributed by atoms with Crippen molar-refractivity contribution < 1.29 is 4.92 Å². The molecule has 1 aliphatic carbocycles. The lowest BCUT2D eigenvalue weighted by atomic mass is 10.1. The van der Waals surface area contributed by atoms with Crippen LogP contribution in [0.1, 0.15) is 24.8 Å². The second-order valence-electron chi connectivity index (χ2n) is 3.67. The first-order chi connectivity index (χ1) is 6.18. The van der Waals surface area contributed by atoms with Gasteiger partial charge in [-0.25, -0.2) is 0 Å². The molecule has 1 fully saturated rings. The highest BCUT2D eigenvalue weighted by Gasteiger charge is 2.33. The molecule has 2 rings (SSSR count). The predicted molar refractivity (Wildman–Crippen MR) is 49.6 cm³/mol. The Hall–Kier alpha value is -1.38. The third-order valence-electron chi connectivity index (χ3n) is 2.64. The molecule has 1 aliphatic rings. The van der Waals surface area contributed by atoms with Crippen LogP contribution in [-0.2, 0) is 0 Å². The zero-order chi connectivity index (χ0) is 9.42. The van der Waals surface area contributed by atoms with Crippen molar-refractivity contribution in [3.63, 3.8) is 0 Å². The van der Waals surface area contributed by atoms with E-state index in [0.29, 0.717) is 5.92 Å². The zero-order valence-electron chi connectivity index (χ0n) is 7.43. The molecule has 0 aliphatic heterocycles. The van der Waals surface area contributed by atoms with E-state index in [-0.39, 0.29) is 10.6 Å². The number of hydrogen-bond acceptors (Lipinski definition) is 2. The monoisotopic (exact) mass is 177 g/mol. The lowest BCUT2D eigenvalue weighted by Crippen LogP contribution is -1.88. The summed E-state index contributed by atoms with van der Waals surface area (Å²) in [6.45, 7) is 2.20. The minimum absolute atomic E-state index is 0.178. The highest BCUT2D eigenvalue weighted by atomic mass is 16.6. The number of non-ortho nitro benzene ring substituents is 1. The Balaban J connectivity index is 2.19. The molecule has 0 radical (unpaired) electrons. The van der Waals surface area contributed by atoms with E-state index in [4.69, 9.17) is 0 Å². The minimum atomic E-state index is -0.361. The van der Waals surface area contributed by atoms with Gasteiger partial charge in [0.05, 0.1) is 4.92 Å². The Bertz CT molecular complexity index is 331. The van der Waals surface area contributed by atoms with E-state index in [1.807, 2.05) is 12.1 Å². The second-order valence-corrected chi connectivity index (χ2v) is 3.67. The van der Waals surface area contributed by atoms with Gasteiger partial charge in [0.25, 0.3) is 5.69 Å². The molecule has 1 aromatic carbocycles. The lowest BCUT2D eigenvalue weighted by molar-refractivity contribution is -0.384. The smallest absolute Gasteiger partial charge is 0.258 e. The standard InChI is InChI=1S/C10H11NO2/c1-7-6-10(7)8-2-4-9(5-3-8)11(12)13/h2-5,7,10H,6H2,1H3. The molecule has 0 saturated heterocycles. The van der Waals surface area contributed by atoms with E-state index in [0.717, 1.165) is 5.92 Å². The summed E-state index contributed by atoms with van der Waals surface area (Å²) in [7, 11) is 0. The fourth-order valence-electron chi connectivity index (χ4n) is 1.63. The molecule has 13 heavy (non-hydrogen) atoms. The summed E-state index contributed by atoms with van der Waals surface area (Å²) < 4.78 is 0. The summed E-state index contributed by atoms with van der Waals surface area (Å²) in [5, 5.41) is 10.4. The van der Waals surface area contributed by atoms with Gasteiger partial charge in [0.1, 0.15) is 0 Å². The Morgan fingerprint density at radius 2 is 1.92 bits per heavy atom. The van der Waals surface area contributed by atoms with Crippen LogP contribution in [0.25, 0.3) is 0 Å². The van der Waals surface area contributed by atoms with Crippen LogP contribution in [0.4, 0.5) is 5.69 Å². The molecule has 2 atom stereocenters. The summed E-state index contributed by atoms with van der Waals surface area (Å²) in [6, 6.07) is 6.90. The number of nitro benzene ring substituents is 1. The Labute approximate surface area is 76.5 Å². The molecule has 3 nitrogen and oxygen atoms in total. The third-order valence-corrected chi connectivity index (χ3v) is 2.64. The molecule has 3 heteroatoms. The van der Waals surface area contributed by atoms with Gasteiger partial charge in [-0.1, -0.05) is 19.1 Å². The van der Waals surface area contributed by atoms with Crippen molar-refractivity contribution in [1.82, 2.24) is 0 Å². The SMILES string of the molecule is CC1CC1c1ccc([N+](=O)[O-])cc1. The number of nitrogens with zero attached hydrogens (tertiary/aromatic N) is 1. The van der Waals surface area contributed by atoms with E-state index < -0.39 is 0 Å². The van der Waals surface area contributed by atoms with Crippen LogP contribution in [0.15, 0.2) is 24.3 Å². The first-order valence-electron chi connectivity index (χ1n) is 4.43. The molecule has 2 unspecified atom stereocenters. The van der Waals surface area contributed by atoms with Crippen molar-refractivity contribution >= 4 is 5.69 Å². The molecular weight excluding hydrogens is 166 g/mol. The molecular formula is C10H11NO2. The van der Waals surface area contributed by atoms with Gasteiger partial charge in [-0.3, -0.25) is 10.1 Å². The quantitative estimate of drug-likeness (QED) is 0.515. The van der Waals surface area contributed by atoms with E-state index in [9.17, 15) is 10.1 Å². The Morgan fingerprint density at radius 3 is 2.31 bits per heavy atom. The first kappa shape index (κ1) is 8.23. The molecule has 68 valence electrons. The fraction of sp³-hybridized carbons (Fsp3) is 0.400. The van der Waals surface area contributed by atoms with Gasteiger partial charge in [-0.2, -0.15) is 0 Å². The van der Waals surface area contributed by atoms with Gasteiger partial charge >= 0.3 is 0 Å². The van der Waals surface area contributed by atoms with Crippen LogP contribution >= 0.6 is 0 Å². The minimum Gasteiger partial charge on any atom is -0.258 e. The average Bonchev–Trinajstić information content (AvgIpc) is 2.83. The average molecular weight is 177 g/mol. The van der Waals surface area contributed by atoms with Crippen LogP contribution in [0.5, 0.6) is 0 Å². The lowest BCUT2D eigenvalue weighted by Gasteiger charge is -1.96. The molecule has 0 bridgehead atoms. The highest BCUT2D eigenvalue weighted by molar-refractivity contribution is 5.36. The van der Waals surface area contributed by atoms with E-state index in [2.05, 4.69) is 6.92 Å². The number of rotatable bonds is 2. The van der Waals surface area contributed by atoms with Gasteiger partial charge in [-0.15, -0.1) is 0 Å². The summed E-state index contributed by atoms with van der Waals surface area (Å²) in [5.41, 5.74) is 1.41. The Kier molecular flexibility index (Phi) is 1.79. The van der Waals surface area contributed by atoms with Crippen LogP contribution < -0.4 is 0 Å². The maximum atomic E-state index is 10.4. The van der Waals surface area contributed by atoms with Crippen molar-refractivity contribution in [3.8, 4) is 0 Å². The van der Waals surface area contributed by atoms with Crippen LogP contribution in [0.2, 0.25) is 0 Å². The summed E-state index contributed by atoms with van der Waals surface area (Å²) in [5.74, 6) is 1.39. The van der Waals surface area contributed by atoms with Gasteiger partial charge in [0, 0.05) is 12.1 Å². The van der Waals surface area contributed by atoms with E-state index in [1.54, 1.807) is 12.1 Å². The molecule has 1 saturated carbocycles. The van der Waals surface area contributed by atoms with Crippen LogP contribution in [0.3, 0.4) is 0 Å². The van der Waals surface area contributed by atoms with Gasteiger partial charge in [-0.05, 0) is 23.8 Å². The van der Waals surface area contributed by atoms with Crippen molar-refractivity contribution in [3.05, 3.63) is 39.9 Å². The summed E-state index contributed by atoms with van der Waals surface area (Å²) in [4.78, 5) is 10.0. The zero-order valence-corrected chi connectivity index (χ0v) is 7.43.